The molecule has 0 fully saturated rings. The molecule has 106 valence electrons. The van der Waals surface area contributed by atoms with Gasteiger partial charge in [0.1, 0.15) is 22.3 Å². The van der Waals surface area contributed by atoms with Crippen LogP contribution in [0.1, 0.15) is 12.0 Å². The quantitative estimate of drug-likeness (QED) is 0.808. The van der Waals surface area contributed by atoms with Crippen LogP contribution in [0.4, 0.5) is 4.39 Å². The van der Waals surface area contributed by atoms with E-state index in [0.29, 0.717) is 6.42 Å². The number of nitrogens with zero attached hydrogens (tertiary/aromatic N) is 1. The van der Waals surface area contributed by atoms with Crippen molar-refractivity contribution in [1.82, 2.24) is 4.72 Å². The summed E-state index contributed by atoms with van der Waals surface area (Å²) in [7, 11) is -3.99. The Hall–Kier alpha value is -1.75. The summed E-state index contributed by atoms with van der Waals surface area (Å²) in [5, 5.41) is 17.9. The van der Waals surface area contributed by atoms with E-state index >= 15 is 0 Å². The van der Waals surface area contributed by atoms with Crippen LogP contribution < -0.4 is 4.72 Å². The molecule has 1 aromatic carbocycles. The fourth-order valence-electron chi connectivity index (χ4n) is 2.10. The van der Waals surface area contributed by atoms with Gasteiger partial charge in [0.25, 0.3) is 0 Å². The van der Waals surface area contributed by atoms with Gasteiger partial charge in [-0.1, -0.05) is 18.2 Å². The maximum Gasteiger partial charge on any atom is 0.242 e. The molecular formula is C13H13FN2O3S. The Kier molecular flexibility index (Phi) is 4.18. The first-order chi connectivity index (χ1) is 9.47. The van der Waals surface area contributed by atoms with E-state index in [-0.39, 0.29) is 17.4 Å². The van der Waals surface area contributed by atoms with Crippen molar-refractivity contribution >= 4 is 10.0 Å². The van der Waals surface area contributed by atoms with Gasteiger partial charge in [-0.05, 0) is 18.6 Å². The zero-order valence-corrected chi connectivity index (χ0v) is 11.3. The zero-order chi connectivity index (χ0) is 14.8. The Labute approximate surface area is 116 Å². The molecule has 2 atom stereocenters. The monoisotopic (exact) mass is 296 g/mol. The van der Waals surface area contributed by atoms with E-state index in [1.807, 2.05) is 0 Å². The highest BCUT2D eigenvalue weighted by Crippen LogP contribution is 2.22. The van der Waals surface area contributed by atoms with Gasteiger partial charge in [0.2, 0.25) is 10.0 Å². The van der Waals surface area contributed by atoms with Crippen molar-refractivity contribution in [1.29, 1.82) is 5.26 Å². The van der Waals surface area contributed by atoms with Crippen LogP contribution in [0.3, 0.4) is 0 Å². The topological polar surface area (TPSA) is 90.2 Å². The van der Waals surface area contributed by atoms with Gasteiger partial charge in [-0.3, -0.25) is 0 Å². The van der Waals surface area contributed by atoms with Crippen molar-refractivity contribution in [3.05, 3.63) is 41.7 Å². The first-order valence-corrected chi connectivity index (χ1v) is 7.46. The lowest BCUT2D eigenvalue weighted by atomic mass is 10.1. The summed E-state index contributed by atoms with van der Waals surface area (Å²) in [6.45, 7) is -0.0574. The van der Waals surface area contributed by atoms with Gasteiger partial charge >= 0.3 is 0 Å². The van der Waals surface area contributed by atoms with Gasteiger partial charge in [-0.2, -0.15) is 5.26 Å². The largest absolute Gasteiger partial charge is 0.396 e. The van der Waals surface area contributed by atoms with Crippen LogP contribution in [-0.4, -0.2) is 26.2 Å². The maximum absolute atomic E-state index is 13.4. The highest BCUT2D eigenvalue weighted by molar-refractivity contribution is 7.89. The van der Waals surface area contributed by atoms with Crippen LogP contribution in [0.5, 0.6) is 0 Å². The normalized spacial score (nSPS) is 21.9. The second-order valence-electron chi connectivity index (χ2n) is 4.52. The number of nitrogens with one attached hydrogen (secondary N) is 1. The maximum atomic E-state index is 13.4. The predicted octanol–water partition coefficient (Wildman–Crippen LogP) is 0.913. The van der Waals surface area contributed by atoms with Crippen LogP contribution in [-0.2, 0) is 10.0 Å². The lowest BCUT2D eigenvalue weighted by molar-refractivity contribution is 0.248. The summed E-state index contributed by atoms with van der Waals surface area (Å²) in [5.41, 5.74) is -0.499. The summed E-state index contributed by atoms with van der Waals surface area (Å²) in [4.78, 5) is -0.374. The van der Waals surface area contributed by atoms with Crippen LogP contribution in [0.15, 0.2) is 35.2 Å². The molecule has 0 aromatic heterocycles. The third kappa shape index (κ3) is 2.88. The molecule has 2 N–H and O–H groups in total. The number of nitriles is 1. The number of benzene rings is 1. The summed E-state index contributed by atoms with van der Waals surface area (Å²) in [6.07, 6.45) is 3.81. The summed E-state index contributed by atoms with van der Waals surface area (Å²) >= 11 is 0. The molecule has 20 heavy (non-hydrogen) atoms. The van der Waals surface area contributed by atoms with Crippen LogP contribution in [0, 0.1) is 23.1 Å². The zero-order valence-electron chi connectivity index (χ0n) is 10.5. The van der Waals surface area contributed by atoms with Gasteiger partial charge in [-0.15, -0.1) is 0 Å². The summed E-state index contributed by atoms with van der Waals surface area (Å²) in [6, 6.07) is 4.56. The minimum atomic E-state index is -3.99. The van der Waals surface area contributed by atoms with Crippen molar-refractivity contribution in [2.75, 3.05) is 6.61 Å². The smallest absolute Gasteiger partial charge is 0.242 e. The lowest BCUT2D eigenvalue weighted by Crippen LogP contribution is -2.33. The average molecular weight is 296 g/mol. The van der Waals surface area contributed by atoms with Crippen molar-refractivity contribution in [2.45, 2.75) is 17.4 Å². The molecule has 0 heterocycles. The highest BCUT2D eigenvalue weighted by Gasteiger charge is 2.26. The van der Waals surface area contributed by atoms with Crippen molar-refractivity contribution in [2.24, 2.45) is 5.92 Å². The number of aliphatic hydroxyl groups is 1. The first-order valence-electron chi connectivity index (χ1n) is 5.98. The molecule has 0 unspecified atom stereocenters. The number of hydrogen-bond donors (Lipinski definition) is 2. The van der Waals surface area contributed by atoms with E-state index < -0.39 is 27.4 Å². The molecule has 0 radical (unpaired) electrons. The number of hydrogen-bond acceptors (Lipinski definition) is 4. The molecule has 2 rings (SSSR count). The van der Waals surface area contributed by atoms with E-state index in [4.69, 9.17) is 10.4 Å². The molecule has 0 amide bonds. The average Bonchev–Trinajstić information content (AvgIpc) is 2.85. The van der Waals surface area contributed by atoms with E-state index in [1.54, 1.807) is 18.2 Å². The first kappa shape index (κ1) is 14.7. The Morgan fingerprint density at radius 3 is 2.80 bits per heavy atom. The minimum Gasteiger partial charge on any atom is -0.396 e. The van der Waals surface area contributed by atoms with Gasteiger partial charge in [-0.25, -0.2) is 17.5 Å². The van der Waals surface area contributed by atoms with Gasteiger partial charge in [0, 0.05) is 18.6 Å². The Bertz CT molecular complexity index is 679. The third-order valence-electron chi connectivity index (χ3n) is 3.09. The number of halogens is 1. The summed E-state index contributed by atoms with van der Waals surface area (Å²) in [5.74, 6) is -0.962. The number of rotatable bonds is 4. The molecule has 1 aromatic rings. The molecule has 1 aliphatic carbocycles. The van der Waals surface area contributed by atoms with E-state index in [1.165, 1.54) is 12.1 Å². The third-order valence-corrected chi connectivity index (χ3v) is 4.62. The molecule has 0 spiro atoms. The molecular weight excluding hydrogens is 283 g/mol. The number of aliphatic hydroxyl groups excluding tert-OH is 1. The fourth-order valence-corrected chi connectivity index (χ4v) is 3.47. The van der Waals surface area contributed by atoms with E-state index in [9.17, 15) is 12.8 Å². The second-order valence-corrected chi connectivity index (χ2v) is 6.20. The van der Waals surface area contributed by atoms with Gasteiger partial charge in [0.15, 0.2) is 0 Å². The molecule has 5 nitrogen and oxygen atoms in total. The standard InChI is InChI=1S/C13H13FN2O3S/c14-12-2-1-3-13(11(12)7-15)20(18,19)16-10-5-4-9(6-10)8-17/h1-5,9-10,16-17H,6,8H2/t9-,10+/m0/s1. The highest BCUT2D eigenvalue weighted by atomic mass is 32.2. The predicted molar refractivity (Wildman–Crippen MR) is 69.6 cm³/mol. The summed E-state index contributed by atoms with van der Waals surface area (Å²) < 4.78 is 40.2. The van der Waals surface area contributed by atoms with Crippen molar-refractivity contribution in [3.8, 4) is 6.07 Å². The molecule has 0 bridgehead atoms. The Morgan fingerprint density at radius 2 is 2.20 bits per heavy atom. The second kappa shape index (κ2) is 5.71. The Balaban J connectivity index is 2.27. The van der Waals surface area contributed by atoms with Crippen LogP contribution in [0.2, 0.25) is 0 Å². The van der Waals surface area contributed by atoms with Crippen LogP contribution >= 0.6 is 0 Å². The fraction of sp³-hybridized carbons (Fsp3) is 0.308. The van der Waals surface area contributed by atoms with E-state index in [2.05, 4.69) is 4.72 Å². The lowest BCUT2D eigenvalue weighted by Gasteiger charge is -2.14. The SMILES string of the molecule is N#Cc1c(F)cccc1S(=O)(=O)N[C@@H]1C=C[C@H](CO)C1. The Morgan fingerprint density at radius 1 is 1.45 bits per heavy atom. The molecule has 1 aliphatic rings. The van der Waals surface area contributed by atoms with Gasteiger partial charge in [0.05, 0.1) is 0 Å². The van der Waals surface area contributed by atoms with Crippen molar-refractivity contribution < 1.29 is 17.9 Å². The molecule has 0 saturated heterocycles. The molecule has 7 heteroatoms. The molecule has 0 aliphatic heterocycles. The minimum absolute atomic E-state index is 0.0574. The van der Waals surface area contributed by atoms with Gasteiger partial charge < -0.3 is 5.11 Å². The van der Waals surface area contributed by atoms with E-state index in [0.717, 1.165) is 6.07 Å². The van der Waals surface area contributed by atoms with Crippen molar-refractivity contribution in [3.63, 3.8) is 0 Å². The van der Waals surface area contributed by atoms with Crippen LogP contribution in [0.25, 0.3) is 0 Å². The number of sulfonamides is 1. The molecule has 0 saturated carbocycles.